The SMILES string of the molecule is NC(Cc1c[nH]cn1)(OC=O)C(=O)O. The average Bonchev–Trinajstić information content (AvgIpc) is 2.56. The smallest absolute Gasteiger partial charge is 0.364 e. The Labute approximate surface area is 78.9 Å². The number of carboxylic acid groups (broad SMARTS) is 1. The number of imidazole rings is 1. The van der Waals surface area contributed by atoms with Gasteiger partial charge in [-0.2, -0.15) is 0 Å². The molecule has 1 aromatic rings. The maximum absolute atomic E-state index is 10.7. The molecule has 0 bridgehead atoms. The molecule has 7 nitrogen and oxygen atoms in total. The van der Waals surface area contributed by atoms with E-state index < -0.39 is 11.7 Å². The average molecular weight is 199 g/mol. The van der Waals surface area contributed by atoms with Crippen molar-refractivity contribution in [3.05, 3.63) is 18.2 Å². The number of hydrogen-bond donors (Lipinski definition) is 3. The Kier molecular flexibility index (Phi) is 2.82. The maximum Gasteiger partial charge on any atom is 0.364 e. The van der Waals surface area contributed by atoms with E-state index in [4.69, 9.17) is 10.8 Å². The van der Waals surface area contributed by atoms with E-state index in [2.05, 4.69) is 14.7 Å². The van der Waals surface area contributed by atoms with E-state index in [1.807, 2.05) is 0 Å². The second-order valence-electron chi connectivity index (χ2n) is 2.65. The Morgan fingerprint density at radius 3 is 3.00 bits per heavy atom. The first kappa shape index (κ1) is 10.2. The number of aromatic nitrogens is 2. The second kappa shape index (κ2) is 3.88. The summed E-state index contributed by atoms with van der Waals surface area (Å²) in [7, 11) is 0. The molecule has 0 radical (unpaired) electrons. The summed E-state index contributed by atoms with van der Waals surface area (Å²) in [4.78, 5) is 27.2. The van der Waals surface area contributed by atoms with Crippen molar-refractivity contribution in [2.75, 3.05) is 0 Å². The highest BCUT2D eigenvalue weighted by molar-refractivity contribution is 5.78. The fourth-order valence-electron chi connectivity index (χ4n) is 0.910. The molecular weight excluding hydrogens is 190 g/mol. The number of nitrogens with zero attached hydrogens (tertiary/aromatic N) is 1. The van der Waals surface area contributed by atoms with Crippen LogP contribution in [0.2, 0.25) is 0 Å². The number of carboxylic acids is 1. The molecule has 1 rings (SSSR count). The Morgan fingerprint density at radius 1 is 1.86 bits per heavy atom. The summed E-state index contributed by atoms with van der Waals surface area (Å²) >= 11 is 0. The van der Waals surface area contributed by atoms with Gasteiger partial charge in [0.05, 0.1) is 18.4 Å². The van der Waals surface area contributed by atoms with Crippen LogP contribution in [0.1, 0.15) is 5.69 Å². The summed E-state index contributed by atoms with van der Waals surface area (Å²) in [6.07, 6.45) is 2.65. The molecule has 76 valence electrons. The number of carbonyl (C=O) groups excluding carboxylic acids is 1. The molecule has 1 aromatic heterocycles. The summed E-state index contributed by atoms with van der Waals surface area (Å²) in [5.74, 6) is -1.42. The molecule has 0 spiro atoms. The lowest BCUT2D eigenvalue weighted by Gasteiger charge is -2.20. The van der Waals surface area contributed by atoms with Crippen LogP contribution in [0.15, 0.2) is 12.5 Å². The van der Waals surface area contributed by atoms with Crippen molar-refractivity contribution < 1.29 is 19.4 Å². The first-order chi connectivity index (χ1) is 6.58. The topological polar surface area (TPSA) is 118 Å². The van der Waals surface area contributed by atoms with E-state index in [1.165, 1.54) is 12.5 Å². The lowest BCUT2D eigenvalue weighted by Crippen LogP contribution is -2.52. The summed E-state index contributed by atoms with van der Waals surface area (Å²) < 4.78 is 4.31. The molecule has 0 aliphatic carbocycles. The van der Waals surface area contributed by atoms with Crippen molar-refractivity contribution in [2.45, 2.75) is 12.1 Å². The van der Waals surface area contributed by atoms with Gasteiger partial charge >= 0.3 is 5.97 Å². The quantitative estimate of drug-likeness (QED) is 0.407. The molecule has 0 saturated heterocycles. The van der Waals surface area contributed by atoms with E-state index in [-0.39, 0.29) is 12.9 Å². The largest absolute Gasteiger partial charge is 0.477 e. The van der Waals surface area contributed by atoms with E-state index in [0.29, 0.717) is 5.69 Å². The van der Waals surface area contributed by atoms with Gasteiger partial charge in [0, 0.05) is 6.20 Å². The summed E-state index contributed by atoms with van der Waals surface area (Å²) in [5.41, 5.74) is 3.68. The van der Waals surface area contributed by atoms with Crippen LogP contribution >= 0.6 is 0 Å². The predicted molar refractivity (Wildman–Crippen MR) is 44.0 cm³/mol. The number of H-pyrrole nitrogens is 1. The summed E-state index contributed by atoms with van der Waals surface area (Å²) in [6.45, 7) is 0.000768. The molecular formula is C7H9N3O4. The maximum atomic E-state index is 10.7. The molecule has 7 heteroatoms. The minimum absolute atomic E-state index is 0.000768. The lowest BCUT2D eigenvalue weighted by molar-refractivity contribution is -0.170. The van der Waals surface area contributed by atoms with Crippen molar-refractivity contribution in [1.82, 2.24) is 9.97 Å². The number of rotatable bonds is 5. The van der Waals surface area contributed by atoms with Gasteiger partial charge in [-0.1, -0.05) is 0 Å². The van der Waals surface area contributed by atoms with E-state index in [9.17, 15) is 9.59 Å². The zero-order chi connectivity index (χ0) is 10.6. The fraction of sp³-hybridized carbons (Fsp3) is 0.286. The van der Waals surface area contributed by atoms with Gasteiger partial charge in [-0.25, -0.2) is 9.78 Å². The van der Waals surface area contributed by atoms with Crippen LogP contribution in [-0.2, 0) is 20.7 Å². The molecule has 1 unspecified atom stereocenters. The van der Waals surface area contributed by atoms with E-state index in [1.54, 1.807) is 0 Å². The molecule has 1 atom stereocenters. The van der Waals surface area contributed by atoms with Crippen LogP contribution in [-0.4, -0.2) is 33.2 Å². The Hall–Kier alpha value is -1.89. The molecule has 0 aliphatic rings. The number of hydrogen-bond acceptors (Lipinski definition) is 5. The van der Waals surface area contributed by atoms with Gasteiger partial charge in [0.2, 0.25) is 0 Å². The van der Waals surface area contributed by atoms with Crippen LogP contribution < -0.4 is 5.73 Å². The van der Waals surface area contributed by atoms with Gasteiger partial charge in [0.25, 0.3) is 12.2 Å². The number of aromatic amines is 1. The normalized spacial score (nSPS) is 14.4. The molecule has 1 heterocycles. The van der Waals surface area contributed by atoms with Gasteiger partial charge < -0.3 is 14.8 Å². The predicted octanol–water partition coefficient (Wildman–Crippen LogP) is -1.14. The van der Waals surface area contributed by atoms with E-state index in [0.717, 1.165) is 0 Å². The van der Waals surface area contributed by atoms with Gasteiger partial charge in [-0.05, 0) is 0 Å². The zero-order valence-corrected chi connectivity index (χ0v) is 7.14. The standard InChI is InChI=1S/C7H9N3O4/c8-7(6(12)13,14-4-11)1-5-2-9-3-10-5/h2-4H,1,8H2,(H,9,10)(H,12,13). The molecule has 0 saturated carbocycles. The third kappa shape index (κ3) is 2.07. The number of nitrogens with one attached hydrogen (secondary N) is 1. The van der Waals surface area contributed by atoms with Crippen molar-refractivity contribution in [3.63, 3.8) is 0 Å². The van der Waals surface area contributed by atoms with E-state index >= 15 is 0 Å². The van der Waals surface area contributed by atoms with Gasteiger partial charge in [-0.15, -0.1) is 0 Å². The zero-order valence-electron chi connectivity index (χ0n) is 7.14. The van der Waals surface area contributed by atoms with Crippen molar-refractivity contribution in [3.8, 4) is 0 Å². The lowest BCUT2D eigenvalue weighted by atomic mass is 10.1. The van der Waals surface area contributed by atoms with Gasteiger partial charge in [-0.3, -0.25) is 10.5 Å². The molecule has 4 N–H and O–H groups in total. The molecule has 14 heavy (non-hydrogen) atoms. The number of ether oxygens (including phenoxy) is 1. The minimum atomic E-state index is -2.06. The number of aliphatic carboxylic acids is 1. The van der Waals surface area contributed by atoms with Gasteiger partial charge in [0.15, 0.2) is 0 Å². The van der Waals surface area contributed by atoms with Crippen LogP contribution in [0.25, 0.3) is 0 Å². The van der Waals surface area contributed by atoms with Crippen LogP contribution in [0, 0.1) is 0 Å². The molecule has 0 aromatic carbocycles. The first-order valence-electron chi connectivity index (χ1n) is 3.70. The molecule has 0 amide bonds. The van der Waals surface area contributed by atoms with Crippen molar-refractivity contribution in [2.24, 2.45) is 5.73 Å². The third-order valence-corrected chi connectivity index (χ3v) is 1.62. The fourth-order valence-corrected chi connectivity index (χ4v) is 0.910. The highest BCUT2D eigenvalue weighted by Crippen LogP contribution is 2.09. The number of carbonyl (C=O) groups is 2. The summed E-state index contributed by atoms with van der Waals surface area (Å²) in [5, 5.41) is 8.72. The third-order valence-electron chi connectivity index (χ3n) is 1.62. The first-order valence-corrected chi connectivity index (χ1v) is 3.70. The van der Waals surface area contributed by atoms with Crippen LogP contribution in [0.3, 0.4) is 0 Å². The van der Waals surface area contributed by atoms with Gasteiger partial charge in [0.1, 0.15) is 0 Å². The molecule has 0 fully saturated rings. The highest BCUT2D eigenvalue weighted by atomic mass is 16.6. The minimum Gasteiger partial charge on any atom is -0.477 e. The van der Waals surface area contributed by atoms with Crippen molar-refractivity contribution in [1.29, 1.82) is 0 Å². The monoisotopic (exact) mass is 199 g/mol. The number of nitrogens with two attached hydrogens (primary N) is 1. The highest BCUT2D eigenvalue weighted by Gasteiger charge is 2.37. The second-order valence-corrected chi connectivity index (χ2v) is 2.65. The Morgan fingerprint density at radius 2 is 2.57 bits per heavy atom. The molecule has 0 aliphatic heterocycles. The van der Waals surface area contributed by atoms with Crippen LogP contribution in [0.5, 0.6) is 0 Å². The Balaban J connectivity index is 2.79. The summed E-state index contributed by atoms with van der Waals surface area (Å²) in [6, 6.07) is 0. The Bertz CT molecular complexity index is 324. The van der Waals surface area contributed by atoms with Crippen LogP contribution in [0.4, 0.5) is 0 Å². The van der Waals surface area contributed by atoms with Crippen molar-refractivity contribution >= 4 is 12.4 Å².